The van der Waals surface area contributed by atoms with Crippen LogP contribution in [-0.4, -0.2) is 9.19 Å². The summed E-state index contributed by atoms with van der Waals surface area (Å²) in [7, 11) is -1.21. The number of anilines is 1. The van der Waals surface area contributed by atoms with Gasteiger partial charge in [0.2, 0.25) is 0 Å². The van der Waals surface area contributed by atoms with E-state index in [0.29, 0.717) is 10.6 Å². The number of fused-ring (bicyclic) bond motifs is 1. The zero-order valence-corrected chi connectivity index (χ0v) is 10.9. The molecule has 1 heterocycles. The molecule has 2 N–H and O–H groups in total. The fraction of sp³-hybridized carbons (Fsp3) is 0. The molecule has 0 spiro atoms. The quantitative estimate of drug-likeness (QED) is 0.727. The van der Waals surface area contributed by atoms with E-state index in [9.17, 15) is 4.21 Å². The molecular formula is C15H12N2OS. The summed E-state index contributed by atoms with van der Waals surface area (Å²) in [5, 5.41) is 0.904. The molecule has 3 rings (SSSR count). The van der Waals surface area contributed by atoms with Gasteiger partial charge in [-0.3, -0.25) is 4.98 Å². The second-order valence-corrected chi connectivity index (χ2v) is 5.65. The Hall–Kier alpha value is -2.20. The van der Waals surface area contributed by atoms with Crippen molar-refractivity contribution in [3.63, 3.8) is 0 Å². The van der Waals surface area contributed by atoms with Crippen LogP contribution in [0.15, 0.2) is 70.6 Å². The Morgan fingerprint density at radius 2 is 1.74 bits per heavy atom. The van der Waals surface area contributed by atoms with Crippen molar-refractivity contribution in [1.29, 1.82) is 0 Å². The molecule has 3 aromatic rings. The summed E-state index contributed by atoms with van der Waals surface area (Å²) in [4.78, 5) is 5.76. The second-order valence-electron chi connectivity index (χ2n) is 4.17. The minimum Gasteiger partial charge on any atom is -0.397 e. The molecule has 0 amide bonds. The molecule has 0 aliphatic rings. The highest BCUT2D eigenvalue weighted by molar-refractivity contribution is 7.85. The summed E-state index contributed by atoms with van der Waals surface area (Å²) in [6.45, 7) is 0. The largest absolute Gasteiger partial charge is 0.397 e. The minimum atomic E-state index is -1.21. The van der Waals surface area contributed by atoms with Crippen molar-refractivity contribution >= 4 is 27.4 Å². The molecule has 2 aromatic carbocycles. The maximum Gasteiger partial charge on any atom is 0.0931 e. The van der Waals surface area contributed by atoms with Crippen molar-refractivity contribution in [3.05, 3.63) is 60.8 Å². The van der Waals surface area contributed by atoms with Crippen LogP contribution >= 0.6 is 0 Å². The van der Waals surface area contributed by atoms with Gasteiger partial charge in [-0.05, 0) is 24.3 Å². The van der Waals surface area contributed by atoms with Gasteiger partial charge in [0.15, 0.2) is 0 Å². The zero-order valence-electron chi connectivity index (χ0n) is 10.1. The molecule has 0 fully saturated rings. The Labute approximate surface area is 113 Å². The van der Waals surface area contributed by atoms with Crippen molar-refractivity contribution in [1.82, 2.24) is 4.98 Å². The highest BCUT2D eigenvalue weighted by Gasteiger charge is 2.08. The average molecular weight is 268 g/mol. The van der Waals surface area contributed by atoms with Crippen molar-refractivity contribution in [3.8, 4) is 0 Å². The summed E-state index contributed by atoms with van der Waals surface area (Å²) in [5.41, 5.74) is 7.24. The lowest BCUT2D eigenvalue weighted by Gasteiger charge is -2.05. The molecule has 1 atom stereocenters. The van der Waals surface area contributed by atoms with E-state index in [1.165, 1.54) is 0 Å². The normalized spacial score (nSPS) is 12.4. The number of benzene rings is 2. The van der Waals surface area contributed by atoms with Gasteiger partial charge in [-0.2, -0.15) is 0 Å². The fourth-order valence-electron chi connectivity index (χ4n) is 1.95. The van der Waals surface area contributed by atoms with E-state index < -0.39 is 10.8 Å². The molecule has 19 heavy (non-hydrogen) atoms. The SMILES string of the molecule is Nc1cccc2cc(S(=O)c3ccccc3)cnc12. The van der Waals surface area contributed by atoms with Crippen LogP contribution in [0.5, 0.6) is 0 Å². The van der Waals surface area contributed by atoms with Crippen LogP contribution in [0.2, 0.25) is 0 Å². The Balaban J connectivity index is 2.09. The van der Waals surface area contributed by atoms with E-state index in [1.54, 1.807) is 6.20 Å². The Morgan fingerprint density at radius 1 is 0.947 bits per heavy atom. The maximum atomic E-state index is 12.4. The third kappa shape index (κ3) is 2.22. The zero-order chi connectivity index (χ0) is 13.2. The van der Waals surface area contributed by atoms with E-state index in [4.69, 9.17) is 5.73 Å². The number of nitrogen functional groups attached to an aromatic ring is 1. The predicted molar refractivity (Wildman–Crippen MR) is 77.3 cm³/mol. The number of pyridine rings is 1. The third-order valence-corrected chi connectivity index (χ3v) is 4.24. The average Bonchev–Trinajstić information content (AvgIpc) is 2.47. The summed E-state index contributed by atoms with van der Waals surface area (Å²) in [5.74, 6) is 0. The molecule has 0 aliphatic heterocycles. The Bertz CT molecular complexity index is 756. The lowest BCUT2D eigenvalue weighted by atomic mass is 10.2. The predicted octanol–water partition coefficient (Wildman–Crippen LogP) is 2.98. The summed E-state index contributed by atoms with van der Waals surface area (Å²) in [6.07, 6.45) is 1.63. The molecule has 0 bridgehead atoms. The lowest BCUT2D eigenvalue weighted by molar-refractivity contribution is 0.683. The van der Waals surface area contributed by atoms with Crippen LogP contribution in [0.4, 0.5) is 5.69 Å². The van der Waals surface area contributed by atoms with E-state index in [2.05, 4.69) is 4.98 Å². The molecule has 94 valence electrons. The van der Waals surface area contributed by atoms with Gasteiger partial charge in [0.25, 0.3) is 0 Å². The van der Waals surface area contributed by atoms with Crippen molar-refractivity contribution in [2.75, 3.05) is 5.73 Å². The molecule has 0 radical (unpaired) electrons. The lowest BCUT2D eigenvalue weighted by Crippen LogP contribution is -1.95. The van der Waals surface area contributed by atoms with E-state index >= 15 is 0 Å². The summed E-state index contributed by atoms with van der Waals surface area (Å²) >= 11 is 0. The number of hydrogen-bond donors (Lipinski definition) is 1. The van der Waals surface area contributed by atoms with Gasteiger partial charge < -0.3 is 5.73 Å². The Kier molecular flexibility index (Phi) is 3.01. The second kappa shape index (κ2) is 4.82. The van der Waals surface area contributed by atoms with Crippen LogP contribution in [0.1, 0.15) is 0 Å². The molecular weight excluding hydrogens is 256 g/mol. The van der Waals surface area contributed by atoms with Crippen molar-refractivity contribution < 1.29 is 4.21 Å². The summed E-state index contributed by atoms with van der Waals surface area (Å²) in [6, 6.07) is 16.8. The van der Waals surface area contributed by atoms with Gasteiger partial charge in [0, 0.05) is 16.5 Å². The first-order chi connectivity index (χ1) is 9.25. The van der Waals surface area contributed by atoms with E-state index in [0.717, 1.165) is 15.8 Å². The summed E-state index contributed by atoms with van der Waals surface area (Å²) < 4.78 is 12.4. The van der Waals surface area contributed by atoms with Gasteiger partial charge in [-0.15, -0.1) is 0 Å². The molecule has 3 nitrogen and oxygen atoms in total. The third-order valence-electron chi connectivity index (χ3n) is 2.89. The van der Waals surface area contributed by atoms with Crippen LogP contribution in [0, 0.1) is 0 Å². The molecule has 0 saturated carbocycles. The van der Waals surface area contributed by atoms with Crippen LogP contribution in [0.25, 0.3) is 10.9 Å². The van der Waals surface area contributed by atoms with Crippen LogP contribution in [0.3, 0.4) is 0 Å². The number of nitrogens with zero attached hydrogens (tertiary/aromatic N) is 1. The van der Waals surface area contributed by atoms with Crippen molar-refractivity contribution in [2.24, 2.45) is 0 Å². The van der Waals surface area contributed by atoms with Crippen molar-refractivity contribution in [2.45, 2.75) is 9.79 Å². The van der Waals surface area contributed by atoms with Gasteiger partial charge in [0.1, 0.15) is 0 Å². The number of nitrogens with two attached hydrogens (primary N) is 1. The van der Waals surface area contributed by atoms with Crippen LogP contribution in [-0.2, 0) is 10.8 Å². The first-order valence-electron chi connectivity index (χ1n) is 5.87. The highest BCUT2D eigenvalue weighted by Crippen LogP contribution is 2.22. The van der Waals surface area contributed by atoms with E-state index in [1.807, 2.05) is 54.6 Å². The van der Waals surface area contributed by atoms with E-state index in [-0.39, 0.29) is 0 Å². The van der Waals surface area contributed by atoms with Gasteiger partial charge >= 0.3 is 0 Å². The fourth-order valence-corrected chi connectivity index (χ4v) is 3.00. The monoisotopic (exact) mass is 268 g/mol. The molecule has 0 saturated heterocycles. The first-order valence-corrected chi connectivity index (χ1v) is 7.02. The molecule has 4 heteroatoms. The molecule has 1 aromatic heterocycles. The smallest absolute Gasteiger partial charge is 0.0931 e. The topological polar surface area (TPSA) is 56.0 Å². The minimum absolute atomic E-state index is 0.634. The first kappa shape index (κ1) is 11.9. The standard InChI is InChI=1S/C15H12N2OS/c16-14-8-4-5-11-9-13(10-17-15(11)14)19(18)12-6-2-1-3-7-12/h1-10H,16H2. The number of para-hydroxylation sites is 1. The van der Waals surface area contributed by atoms with Gasteiger partial charge in [-0.1, -0.05) is 30.3 Å². The Morgan fingerprint density at radius 3 is 2.53 bits per heavy atom. The molecule has 1 unspecified atom stereocenters. The number of hydrogen-bond acceptors (Lipinski definition) is 3. The number of rotatable bonds is 2. The van der Waals surface area contributed by atoms with Gasteiger partial charge in [-0.25, -0.2) is 4.21 Å². The van der Waals surface area contributed by atoms with Gasteiger partial charge in [0.05, 0.1) is 26.9 Å². The maximum absolute atomic E-state index is 12.4. The van der Waals surface area contributed by atoms with Crippen LogP contribution < -0.4 is 5.73 Å². The highest BCUT2D eigenvalue weighted by atomic mass is 32.2. The molecule has 0 aliphatic carbocycles. The number of aromatic nitrogens is 1.